The highest BCUT2D eigenvalue weighted by molar-refractivity contribution is 9.10. The molecule has 0 saturated heterocycles. The molecule has 0 radical (unpaired) electrons. The van der Waals surface area contributed by atoms with E-state index in [1.807, 2.05) is 24.3 Å². The van der Waals surface area contributed by atoms with Crippen molar-refractivity contribution in [3.8, 4) is 5.75 Å². The van der Waals surface area contributed by atoms with E-state index in [0.29, 0.717) is 16.7 Å². The molecule has 1 heterocycles. The number of hydrogen-bond acceptors (Lipinski definition) is 3. The lowest BCUT2D eigenvalue weighted by atomic mass is 10.1. The van der Waals surface area contributed by atoms with Crippen LogP contribution in [0.5, 0.6) is 5.75 Å². The number of hydrogen-bond donors (Lipinski definition) is 0. The van der Waals surface area contributed by atoms with Gasteiger partial charge in [-0.15, -0.1) is 0 Å². The lowest BCUT2D eigenvalue weighted by Gasteiger charge is -2.02. The zero-order valence-corrected chi connectivity index (χ0v) is 10.9. The summed E-state index contributed by atoms with van der Waals surface area (Å²) in [4.78, 5) is 11.9. The van der Waals surface area contributed by atoms with Gasteiger partial charge in [0, 0.05) is 6.42 Å². The first-order valence-corrected chi connectivity index (χ1v) is 5.89. The van der Waals surface area contributed by atoms with Crippen LogP contribution in [0.25, 0.3) is 0 Å². The van der Waals surface area contributed by atoms with Crippen LogP contribution < -0.4 is 4.74 Å². The average molecular weight is 295 g/mol. The van der Waals surface area contributed by atoms with Crippen molar-refractivity contribution in [2.45, 2.75) is 6.42 Å². The van der Waals surface area contributed by atoms with E-state index in [0.717, 1.165) is 11.3 Å². The average Bonchev–Trinajstić information content (AvgIpc) is 2.76. The largest absolute Gasteiger partial charge is 0.497 e. The highest BCUT2D eigenvalue weighted by Crippen LogP contribution is 2.20. The molecule has 0 spiro atoms. The summed E-state index contributed by atoms with van der Waals surface area (Å²) >= 11 is 3.27. The fourth-order valence-corrected chi connectivity index (χ4v) is 1.92. The van der Waals surface area contributed by atoms with Gasteiger partial charge in [-0.05, 0) is 39.7 Å². The van der Waals surface area contributed by atoms with Gasteiger partial charge in [-0.2, -0.15) is 0 Å². The maximum atomic E-state index is 11.9. The molecular formula is C13H11BrO3. The summed E-state index contributed by atoms with van der Waals surface area (Å²) in [5, 5.41) is 0. The van der Waals surface area contributed by atoms with Crippen LogP contribution >= 0.6 is 15.9 Å². The third-order valence-electron chi connectivity index (χ3n) is 2.39. The monoisotopic (exact) mass is 294 g/mol. The number of halogens is 1. The topological polar surface area (TPSA) is 39.4 Å². The predicted octanol–water partition coefficient (Wildman–Crippen LogP) is 3.48. The lowest BCUT2D eigenvalue weighted by Crippen LogP contribution is -2.02. The van der Waals surface area contributed by atoms with Crippen molar-refractivity contribution in [1.29, 1.82) is 0 Å². The van der Waals surface area contributed by atoms with Crippen LogP contribution in [0.1, 0.15) is 16.1 Å². The zero-order valence-electron chi connectivity index (χ0n) is 9.27. The van der Waals surface area contributed by atoms with E-state index in [1.165, 1.54) is 6.26 Å². The van der Waals surface area contributed by atoms with Gasteiger partial charge in [0.15, 0.2) is 5.76 Å². The Morgan fingerprint density at radius 3 is 2.53 bits per heavy atom. The molecule has 88 valence electrons. The van der Waals surface area contributed by atoms with Crippen molar-refractivity contribution in [1.82, 2.24) is 0 Å². The molecule has 0 aliphatic carbocycles. The van der Waals surface area contributed by atoms with Crippen LogP contribution in [-0.2, 0) is 6.42 Å². The molecule has 2 rings (SSSR count). The molecule has 1 aromatic heterocycles. The second kappa shape index (κ2) is 5.19. The maximum Gasteiger partial charge on any atom is 0.203 e. The first kappa shape index (κ1) is 11.9. The minimum Gasteiger partial charge on any atom is -0.497 e. The number of carbonyl (C=O) groups excluding carboxylic acids is 1. The number of benzene rings is 1. The summed E-state index contributed by atoms with van der Waals surface area (Å²) in [6, 6.07) is 9.11. The Hall–Kier alpha value is -1.55. The fourth-order valence-electron chi connectivity index (χ4n) is 1.50. The molecule has 0 atom stereocenters. The predicted molar refractivity (Wildman–Crippen MR) is 67.4 cm³/mol. The quantitative estimate of drug-likeness (QED) is 0.811. The van der Waals surface area contributed by atoms with Crippen LogP contribution in [-0.4, -0.2) is 12.9 Å². The summed E-state index contributed by atoms with van der Waals surface area (Å²) in [5.41, 5.74) is 0.930. The molecule has 0 fully saturated rings. The van der Waals surface area contributed by atoms with Gasteiger partial charge < -0.3 is 9.15 Å². The summed E-state index contributed by atoms with van der Waals surface area (Å²) < 4.78 is 10.9. The van der Waals surface area contributed by atoms with Crippen molar-refractivity contribution in [3.05, 3.63) is 52.4 Å². The second-order valence-electron chi connectivity index (χ2n) is 3.55. The Morgan fingerprint density at radius 2 is 2.00 bits per heavy atom. The molecule has 0 amide bonds. The van der Waals surface area contributed by atoms with E-state index < -0.39 is 0 Å². The van der Waals surface area contributed by atoms with E-state index in [1.54, 1.807) is 13.2 Å². The van der Waals surface area contributed by atoms with E-state index in [2.05, 4.69) is 15.9 Å². The number of rotatable bonds is 4. The van der Waals surface area contributed by atoms with Gasteiger partial charge in [-0.1, -0.05) is 12.1 Å². The third-order valence-corrected chi connectivity index (χ3v) is 3.02. The SMILES string of the molecule is COc1ccc(CC(=O)c2occc2Br)cc1. The molecule has 4 heteroatoms. The first-order chi connectivity index (χ1) is 8.20. The van der Waals surface area contributed by atoms with Gasteiger partial charge in [-0.25, -0.2) is 0 Å². The lowest BCUT2D eigenvalue weighted by molar-refractivity contribution is 0.0965. The van der Waals surface area contributed by atoms with Gasteiger partial charge in [0.1, 0.15) is 5.75 Å². The van der Waals surface area contributed by atoms with Crippen LogP contribution in [0.4, 0.5) is 0 Å². The molecule has 0 unspecified atom stereocenters. The van der Waals surface area contributed by atoms with E-state index in [-0.39, 0.29) is 5.78 Å². The molecule has 17 heavy (non-hydrogen) atoms. The Kier molecular flexibility index (Phi) is 3.64. The number of Topliss-reactive ketones (excluding diaryl/α,β-unsaturated/α-hetero) is 1. The Labute approximate surface area is 108 Å². The summed E-state index contributed by atoms with van der Waals surface area (Å²) in [6.45, 7) is 0. The van der Waals surface area contributed by atoms with Crippen molar-refractivity contribution in [3.63, 3.8) is 0 Å². The van der Waals surface area contributed by atoms with Gasteiger partial charge in [-0.3, -0.25) is 4.79 Å². The van der Waals surface area contributed by atoms with E-state index in [9.17, 15) is 4.79 Å². The van der Waals surface area contributed by atoms with E-state index >= 15 is 0 Å². The standard InChI is InChI=1S/C13H11BrO3/c1-16-10-4-2-9(3-5-10)8-12(15)13-11(14)6-7-17-13/h2-7H,8H2,1H3. The highest BCUT2D eigenvalue weighted by Gasteiger charge is 2.14. The smallest absolute Gasteiger partial charge is 0.203 e. The van der Waals surface area contributed by atoms with Crippen LogP contribution in [0.2, 0.25) is 0 Å². The minimum atomic E-state index is -0.0490. The molecule has 0 N–H and O–H groups in total. The maximum absolute atomic E-state index is 11.9. The summed E-state index contributed by atoms with van der Waals surface area (Å²) in [5.74, 6) is 1.09. The van der Waals surface area contributed by atoms with E-state index in [4.69, 9.17) is 9.15 Å². The first-order valence-electron chi connectivity index (χ1n) is 5.10. The van der Waals surface area contributed by atoms with Crippen LogP contribution in [0.3, 0.4) is 0 Å². The second-order valence-corrected chi connectivity index (χ2v) is 4.40. The van der Waals surface area contributed by atoms with Crippen LogP contribution in [0.15, 0.2) is 45.5 Å². The van der Waals surface area contributed by atoms with Crippen molar-refractivity contribution in [2.75, 3.05) is 7.11 Å². The van der Waals surface area contributed by atoms with Crippen molar-refractivity contribution in [2.24, 2.45) is 0 Å². The normalized spacial score (nSPS) is 10.2. The zero-order chi connectivity index (χ0) is 12.3. The van der Waals surface area contributed by atoms with Gasteiger partial charge in [0.05, 0.1) is 17.8 Å². The van der Waals surface area contributed by atoms with Crippen LogP contribution in [0, 0.1) is 0 Å². The number of furan rings is 1. The fraction of sp³-hybridized carbons (Fsp3) is 0.154. The number of ketones is 1. The number of carbonyl (C=O) groups is 1. The molecule has 1 aromatic carbocycles. The summed E-state index contributed by atoms with van der Waals surface area (Å²) in [6.07, 6.45) is 1.81. The van der Waals surface area contributed by atoms with Gasteiger partial charge in [0.25, 0.3) is 0 Å². The molecule has 2 aromatic rings. The molecule has 3 nitrogen and oxygen atoms in total. The Bertz CT molecular complexity index is 514. The number of ether oxygens (including phenoxy) is 1. The Balaban J connectivity index is 2.10. The van der Waals surface area contributed by atoms with Gasteiger partial charge >= 0.3 is 0 Å². The van der Waals surface area contributed by atoms with Gasteiger partial charge in [0.2, 0.25) is 5.78 Å². The molecule has 0 bridgehead atoms. The highest BCUT2D eigenvalue weighted by atomic mass is 79.9. The molecular weight excluding hydrogens is 284 g/mol. The minimum absolute atomic E-state index is 0.0490. The molecule has 0 aliphatic rings. The molecule has 0 saturated carbocycles. The Morgan fingerprint density at radius 1 is 1.29 bits per heavy atom. The van der Waals surface area contributed by atoms with Crippen molar-refractivity contribution >= 4 is 21.7 Å². The summed E-state index contributed by atoms with van der Waals surface area (Å²) in [7, 11) is 1.61. The molecule has 0 aliphatic heterocycles. The number of methoxy groups -OCH3 is 1. The van der Waals surface area contributed by atoms with Crippen molar-refractivity contribution < 1.29 is 13.9 Å². The third kappa shape index (κ3) is 2.77.